The minimum atomic E-state index is -0.399. The number of hydrogen-bond acceptors (Lipinski definition) is 4. The van der Waals surface area contributed by atoms with Gasteiger partial charge in [-0.25, -0.2) is 4.79 Å². The molecule has 6 nitrogen and oxygen atoms in total. The van der Waals surface area contributed by atoms with Gasteiger partial charge in [0.25, 0.3) is 5.56 Å². The predicted octanol–water partition coefficient (Wildman–Crippen LogP) is 3.74. The summed E-state index contributed by atoms with van der Waals surface area (Å²) >= 11 is 0. The second-order valence-electron chi connectivity index (χ2n) is 8.09. The number of esters is 1. The number of unbranched alkanes of at least 4 members (excludes halogenated alkanes) is 3. The highest BCUT2D eigenvalue weighted by Crippen LogP contribution is 2.39. The summed E-state index contributed by atoms with van der Waals surface area (Å²) in [5.41, 5.74) is -1.04. The van der Waals surface area contributed by atoms with Gasteiger partial charge in [-0.1, -0.05) is 41.0 Å². The van der Waals surface area contributed by atoms with Crippen molar-refractivity contribution in [2.45, 2.75) is 79.7 Å². The van der Waals surface area contributed by atoms with Gasteiger partial charge in [-0.2, -0.15) is 0 Å². The van der Waals surface area contributed by atoms with E-state index < -0.39 is 5.41 Å². The van der Waals surface area contributed by atoms with E-state index in [1.165, 1.54) is 16.8 Å². The Morgan fingerprint density at radius 2 is 1.81 bits per heavy atom. The Balaban J connectivity index is 2.37. The van der Waals surface area contributed by atoms with Gasteiger partial charge in [0.1, 0.15) is 0 Å². The van der Waals surface area contributed by atoms with Crippen LogP contribution in [-0.4, -0.2) is 22.1 Å². The highest BCUT2D eigenvalue weighted by molar-refractivity contribution is 5.77. The summed E-state index contributed by atoms with van der Waals surface area (Å²) in [7, 11) is 0. The van der Waals surface area contributed by atoms with Crippen molar-refractivity contribution in [3.05, 3.63) is 33.1 Å². The predicted molar refractivity (Wildman–Crippen MR) is 108 cm³/mol. The van der Waals surface area contributed by atoms with Crippen molar-refractivity contribution < 1.29 is 9.53 Å². The first kappa shape index (κ1) is 23.2. The Bertz CT molecular complexity index is 662. The van der Waals surface area contributed by atoms with Crippen molar-refractivity contribution in [2.75, 3.05) is 6.61 Å². The number of rotatable bonds is 12. The molecule has 1 aromatic rings. The SMILES string of the molecule is CCC(CC(C)C)(C(=O)OCCCCCCn1c(=O)cc[nH]c1=O)C(C)C. The Hall–Kier alpha value is -1.85. The highest BCUT2D eigenvalue weighted by Gasteiger charge is 2.41. The van der Waals surface area contributed by atoms with Crippen LogP contribution in [0.4, 0.5) is 0 Å². The monoisotopic (exact) mass is 380 g/mol. The molecule has 1 unspecified atom stereocenters. The third kappa shape index (κ3) is 6.67. The maximum atomic E-state index is 12.7. The van der Waals surface area contributed by atoms with Gasteiger partial charge in [-0.05, 0) is 43.9 Å². The lowest BCUT2D eigenvalue weighted by atomic mass is 9.70. The number of hydrogen-bond donors (Lipinski definition) is 1. The lowest BCUT2D eigenvalue weighted by Gasteiger charge is -2.35. The van der Waals surface area contributed by atoms with Crippen LogP contribution < -0.4 is 11.2 Å². The number of carbonyl (C=O) groups excluding carboxylic acids is 1. The zero-order valence-electron chi connectivity index (χ0n) is 17.5. The van der Waals surface area contributed by atoms with Gasteiger partial charge in [0.15, 0.2) is 0 Å². The molecular formula is C21H36N2O4. The van der Waals surface area contributed by atoms with E-state index in [4.69, 9.17) is 4.74 Å². The van der Waals surface area contributed by atoms with E-state index in [1.807, 2.05) is 0 Å². The molecule has 0 radical (unpaired) electrons. The summed E-state index contributed by atoms with van der Waals surface area (Å²) in [5.74, 6) is 0.625. The van der Waals surface area contributed by atoms with Crippen molar-refractivity contribution in [3.8, 4) is 0 Å². The van der Waals surface area contributed by atoms with Crippen LogP contribution in [0.2, 0.25) is 0 Å². The van der Waals surface area contributed by atoms with E-state index in [9.17, 15) is 14.4 Å². The molecule has 6 heteroatoms. The molecule has 0 amide bonds. The molecule has 0 aromatic carbocycles. The number of carbonyl (C=O) groups is 1. The van der Waals surface area contributed by atoms with Crippen molar-refractivity contribution >= 4 is 5.97 Å². The second kappa shape index (κ2) is 11.1. The van der Waals surface area contributed by atoms with Gasteiger partial charge in [-0.3, -0.25) is 14.2 Å². The van der Waals surface area contributed by atoms with E-state index >= 15 is 0 Å². The van der Waals surface area contributed by atoms with Crippen LogP contribution in [0.3, 0.4) is 0 Å². The minimum absolute atomic E-state index is 0.0731. The number of nitrogens with one attached hydrogen (secondary N) is 1. The van der Waals surface area contributed by atoms with Crippen LogP contribution >= 0.6 is 0 Å². The number of aromatic amines is 1. The molecule has 1 atom stereocenters. The average molecular weight is 381 g/mol. The lowest BCUT2D eigenvalue weighted by Crippen LogP contribution is -2.39. The largest absolute Gasteiger partial charge is 0.465 e. The van der Waals surface area contributed by atoms with Crippen molar-refractivity contribution in [3.63, 3.8) is 0 Å². The standard InChI is InChI=1S/C21H36N2O4/c1-6-21(17(4)5,15-16(2)3)19(25)27-14-10-8-7-9-13-23-18(24)11-12-22-20(23)26/h11-12,16-17H,6-10,13-15H2,1-5H3,(H,22,26). The van der Waals surface area contributed by atoms with Crippen LogP contribution in [0.15, 0.2) is 21.9 Å². The molecule has 1 rings (SSSR count). The summed E-state index contributed by atoms with van der Waals surface area (Å²) in [6.45, 7) is 11.4. The molecule has 0 aliphatic carbocycles. The van der Waals surface area contributed by atoms with E-state index in [2.05, 4.69) is 39.6 Å². The maximum absolute atomic E-state index is 12.7. The first-order chi connectivity index (χ1) is 12.7. The number of ether oxygens (including phenoxy) is 1. The van der Waals surface area contributed by atoms with Crippen LogP contribution in [0.5, 0.6) is 0 Å². The van der Waals surface area contributed by atoms with E-state index in [1.54, 1.807) is 0 Å². The van der Waals surface area contributed by atoms with Gasteiger partial charge < -0.3 is 9.72 Å². The van der Waals surface area contributed by atoms with Gasteiger partial charge in [0.2, 0.25) is 0 Å². The van der Waals surface area contributed by atoms with Crippen molar-refractivity contribution in [2.24, 2.45) is 17.3 Å². The molecular weight excluding hydrogens is 344 g/mol. The second-order valence-corrected chi connectivity index (χ2v) is 8.09. The Kier molecular flexibility index (Phi) is 9.53. The first-order valence-electron chi connectivity index (χ1n) is 10.2. The normalized spacial score (nSPS) is 13.7. The van der Waals surface area contributed by atoms with Crippen molar-refractivity contribution in [1.82, 2.24) is 9.55 Å². The van der Waals surface area contributed by atoms with Gasteiger partial charge in [0, 0.05) is 18.8 Å². The first-order valence-corrected chi connectivity index (χ1v) is 10.2. The summed E-state index contributed by atoms with van der Waals surface area (Å²) in [5, 5.41) is 0. The van der Waals surface area contributed by atoms with Crippen molar-refractivity contribution in [1.29, 1.82) is 0 Å². The van der Waals surface area contributed by atoms with Crippen LogP contribution in [-0.2, 0) is 16.1 Å². The average Bonchev–Trinajstić information content (AvgIpc) is 2.60. The fourth-order valence-electron chi connectivity index (χ4n) is 3.68. The van der Waals surface area contributed by atoms with Gasteiger partial charge in [0.05, 0.1) is 12.0 Å². The van der Waals surface area contributed by atoms with Crippen LogP contribution in [0.25, 0.3) is 0 Å². The smallest absolute Gasteiger partial charge is 0.328 e. The topological polar surface area (TPSA) is 81.2 Å². The molecule has 0 saturated heterocycles. The molecule has 0 bridgehead atoms. The molecule has 0 aliphatic rings. The van der Waals surface area contributed by atoms with Crippen LogP contribution in [0.1, 0.15) is 73.1 Å². The third-order valence-electron chi connectivity index (χ3n) is 5.37. The molecule has 0 fully saturated rings. The summed E-state index contributed by atoms with van der Waals surface area (Å²) in [4.78, 5) is 38.4. The van der Waals surface area contributed by atoms with Gasteiger partial charge >= 0.3 is 11.7 Å². The molecule has 1 N–H and O–H groups in total. The Morgan fingerprint density at radius 3 is 2.37 bits per heavy atom. The molecule has 0 aliphatic heterocycles. The fraction of sp³-hybridized carbons (Fsp3) is 0.762. The molecule has 27 heavy (non-hydrogen) atoms. The zero-order valence-corrected chi connectivity index (χ0v) is 17.5. The van der Waals surface area contributed by atoms with E-state index in [-0.39, 0.29) is 23.1 Å². The minimum Gasteiger partial charge on any atom is -0.465 e. The summed E-state index contributed by atoms with van der Waals surface area (Å²) in [6.07, 6.45) is 6.33. The molecule has 154 valence electrons. The number of aromatic nitrogens is 2. The Morgan fingerprint density at radius 1 is 1.15 bits per heavy atom. The summed E-state index contributed by atoms with van der Waals surface area (Å²) < 4.78 is 6.83. The Labute approximate surface area is 162 Å². The maximum Gasteiger partial charge on any atom is 0.328 e. The fourth-order valence-corrected chi connectivity index (χ4v) is 3.68. The van der Waals surface area contributed by atoms with E-state index in [0.717, 1.165) is 38.5 Å². The van der Waals surface area contributed by atoms with E-state index in [0.29, 0.717) is 19.1 Å². The molecule has 1 aromatic heterocycles. The third-order valence-corrected chi connectivity index (χ3v) is 5.37. The number of H-pyrrole nitrogens is 1. The summed E-state index contributed by atoms with van der Waals surface area (Å²) in [6, 6.07) is 1.35. The molecule has 0 saturated carbocycles. The molecule has 1 heterocycles. The number of nitrogens with zero attached hydrogens (tertiary/aromatic N) is 1. The van der Waals surface area contributed by atoms with Crippen LogP contribution in [0, 0.1) is 17.3 Å². The zero-order chi connectivity index (χ0) is 20.4. The highest BCUT2D eigenvalue weighted by atomic mass is 16.5. The molecule has 0 spiro atoms. The van der Waals surface area contributed by atoms with Gasteiger partial charge in [-0.15, -0.1) is 0 Å². The lowest BCUT2D eigenvalue weighted by molar-refractivity contribution is -0.161. The quantitative estimate of drug-likeness (QED) is 0.442.